The van der Waals surface area contributed by atoms with Crippen molar-refractivity contribution in [3.63, 3.8) is 0 Å². The van der Waals surface area contributed by atoms with E-state index in [0.29, 0.717) is 5.92 Å². The molecule has 1 unspecified atom stereocenters. The maximum absolute atomic E-state index is 6.29. The van der Waals surface area contributed by atoms with Gasteiger partial charge < -0.3 is 5.73 Å². The molecule has 1 aromatic carbocycles. The third kappa shape index (κ3) is 3.42. The highest BCUT2D eigenvalue weighted by Gasteiger charge is 2.10. The molecule has 100 valence electrons. The molecule has 2 heteroatoms. The quantitative estimate of drug-likeness (QED) is 0.902. The molecule has 0 aliphatic heterocycles. The van der Waals surface area contributed by atoms with Crippen LogP contribution in [0.2, 0.25) is 0 Å². The van der Waals surface area contributed by atoms with Crippen molar-refractivity contribution in [2.24, 2.45) is 5.73 Å². The van der Waals surface area contributed by atoms with E-state index in [2.05, 4.69) is 50.0 Å². The maximum atomic E-state index is 6.29. The zero-order valence-corrected chi connectivity index (χ0v) is 11.9. The van der Waals surface area contributed by atoms with Crippen LogP contribution in [-0.2, 0) is 6.42 Å². The molecule has 2 nitrogen and oxygen atoms in total. The van der Waals surface area contributed by atoms with Gasteiger partial charge in [-0.15, -0.1) is 0 Å². The highest BCUT2D eigenvalue weighted by Crippen LogP contribution is 2.20. The van der Waals surface area contributed by atoms with Crippen LogP contribution in [-0.4, -0.2) is 4.98 Å². The minimum Gasteiger partial charge on any atom is -0.324 e. The molecule has 0 radical (unpaired) electrons. The van der Waals surface area contributed by atoms with Crippen LogP contribution >= 0.6 is 0 Å². The summed E-state index contributed by atoms with van der Waals surface area (Å²) in [6, 6.07) is 10.8. The van der Waals surface area contributed by atoms with Crippen LogP contribution in [0.1, 0.15) is 48.1 Å². The molecule has 0 aliphatic carbocycles. The van der Waals surface area contributed by atoms with E-state index >= 15 is 0 Å². The van der Waals surface area contributed by atoms with Gasteiger partial charge in [-0.1, -0.05) is 38.1 Å². The molecule has 1 aromatic heterocycles. The molecule has 2 aromatic rings. The van der Waals surface area contributed by atoms with Crippen LogP contribution in [0.25, 0.3) is 0 Å². The van der Waals surface area contributed by atoms with Crippen LogP contribution in [0.15, 0.2) is 42.7 Å². The Morgan fingerprint density at radius 3 is 2.37 bits per heavy atom. The first-order chi connectivity index (χ1) is 9.08. The van der Waals surface area contributed by atoms with E-state index in [0.717, 1.165) is 12.0 Å². The highest BCUT2D eigenvalue weighted by atomic mass is 14.7. The molecule has 1 atom stereocenters. The predicted molar refractivity (Wildman–Crippen MR) is 80.1 cm³/mol. The van der Waals surface area contributed by atoms with Gasteiger partial charge >= 0.3 is 0 Å². The first-order valence-corrected chi connectivity index (χ1v) is 6.83. The van der Waals surface area contributed by atoms with E-state index in [9.17, 15) is 0 Å². The highest BCUT2D eigenvalue weighted by molar-refractivity contribution is 5.29. The topological polar surface area (TPSA) is 38.9 Å². The Kier molecular flexibility index (Phi) is 4.33. The van der Waals surface area contributed by atoms with Crippen LogP contribution in [0, 0.1) is 6.92 Å². The van der Waals surface area contributed by atoms with Crippen LogP contribution in [0.4, 0.5) is 0 Å². The summed E-state index contributed by atoms with van der Waals surface area (Å²) in [6.07, 6.45) is 4.54. The predicted octanol–water partition coefficient (Wildman–Crippen LogP) is 3.76. The van der Waals surface area contributed by atoms with Gasteiger partial charge in [0.25, 0.3) is 0 Å². The molecular formula is C17H22N2. The first kappa shape index (κ1) is 13.8. The molecule has 0 saturated heterocycles. The number of benzene rings is 1. The van der Waals surface area contributed by atoms with E-state index in [1.54, 1.807) is 0 Å². The van der Waals surface area contributed by atoms with Crippen molar-refractivity contribution in [3.8, 4) is 0 Å². The molecule has 0 bridgehead atoms. The number of aryl methyl sites for hydroxylation is 1. The fraction of sp³-hybridized carbons (Fsp3) is 0.353. The Bertz CT molecular complexity index is 529. The molecule has 0 fully saturated rings. The Hall–Kier alpha value is -1.67. The number of rotatable bonds is 4. The lowest BCUT2D eigenvalue weighted by molar-refractivity contribution is 0.711. The average Bonchev–Trinajstić information content (AvgIpc) is 2.39. The number of nitrogens with zero attached hydrogens (tertiary/aromatic N) is 1. The summed E-state index contributed by atoms with van der Waals surface area (Å²) in [5.41, 5.74) is 11.3. The summed E-state index contributed by atoms with van der Waals surface area (Å²) in [5.74, 6) is 0.572. The Balaban J connectivity index is 2.11. The number of pyridine rings is 1. The summed E-state index contributed by atoms with van der Waals surface area (Å²) in [6.45, 7) is 6.50. The summed E-state index contributed by atoms with van der Waals surface area (Å²) in [4.78, 5) is 4.17. The third-order valence-electron chi connectivity index (χ3n) is 3.58. The molecule has 0 saturated carbocycles. The second-order valence-corrected chi connectivity index (χ2v) is 5.44. The molecule has 2 N–H and O–H groups in total. The lowest BCUT2D eigenvalue weighted by Crippen LogP contribution is -2.15. The van der Waals surface area contributed by atoms with Crippen LogP contribution in [0.3, 0.4) is 0 Å². The lowest BCUT2D eigenvalue weighted by atomic mass is 9.95. The zero-order chi connectivity index (χ0) is 13.8. The summed E-state index contributed by atoms with van der Waals surface area (Å²) in [5, 5.41) is 0. The van der Waals surface area contributed by atoms with Gasteiger partial charge in [0.2, 0.25) is 0 Å². The lowest BCUT2D eigenvalue weighted by Gasteiger charge is -2.15. The van der Waals surface area contributed by atoms with Gasteiger partial charge in [0.1, 0.15) is 0 Å². The molecule has 0 aliphatic rings. The van der Waals surface area contributed by atoms with Crippen molar-refractivity contribution in [1.82, 2.24) is 4.98 Å². The maximum Gasteiger partial charge on any atom is 0.0353 e. The van der Waals surface area contributed by atoms with Crippen molar-refractivity contribution in [2.75, 3.05) is 0 Å². The Morgan fingerprint density at radius 2 is 1.79 bits per heavy atom. The van der Waals surface area contributed by atoms with Gasteiger partial charge in [0.05, 0.1) is 0 Å². The van der Waals surface area contributed by atoms with Crippen LogP contribution in [0.5, 0.6) is 0 Å². The second kappa shape index (κ2) is 5.98. The minimum atomic E-state index is 0.0126. The van der Waals surface area contributed by atoms with Gasteiger partial charge in [-0.2, -0.15) is 0 Å². The van der Waals surface area contributed by atoms with E-state index in [1.165, 1.54) is 16.7 Å². The minimum absolute atomic E-state index is 0.0126. The fourth-order valence-electron chi connectivity index (χ4n) is 2.27. The van der Waals surface area contributed by atoms with Gasteiger partial charge in [0, 0.05) is 18.4 Å². The molecule has 2 rings (SSSR count). The number of aromatic nitrogens is 1. The van der Waals surface area contributed by atoms with Gasteiger partial charge in [0.15, 0.2) is 0 Å². The van der Waals surface area contributed by atoms with Crippen molar-refractivity contribution >= 4 is 0 Å². The van der Waals surface area contributed by atoms with Crippen molar-refractivity contribution in [1.29, 1.82) is 0 Å². The number of hydrogen-bond acceptors (Lipinski definition) is 2. The fourth-order valence-corrected chi connectivity index (χ4v) is 2.27. The summed E-state index contributed by atoms with van der Waals surface area (Å²) >= 11 is 0. The molecule has 0 spiro atoms. The van der Waals surface area contributed by atoms with Crippen molar-refractivity contribution in [3.05, 3.63) is 65.0 Å². The standard InChI is InChI=1S/C17H22N2/c1-12(2)15-6-4-14(5-7-15)10-17(18)16-11-19-9-8-13(16)3/h4-9,11-12,17H,10,18H2,1-3H3. The zero-order valence-electron chi connectivity index (χ0n) is 11.9. The SMILES string of the molecule is Cc1ccncc1C(N)Cc1ccc(C(C)C)cc1. The van der Waals surface area contributed by atoms with E-state index in [1.807, 2.05) is 18.5 Å². The average molecular weight is 254 g/mol. The smallest absolute Gasteiger partial charge is 0.0353 e. The van der Waals surface area contributed by atoms with E-state index < -0.39 is 0 Å². The number of nitrogens with two attached hydrogens (primary N) is 1. The molecule has 1 heterocycles. The van der Waals surface area contributed by atoms with Gasteiger partial charge in [-0.05, 0) is 47.6 Å². The molecule has 0 amide bonds. The first-order valence-electron chi connectivity index (χ1n) is 6.83. The summed E-state index contributed by atoms with van der Waals surface area (Å²) in [7, 11) is 0. The van der Waals surface area contributed by atoms with Gasteiger partial charge in [-0.3, -0.25) is 4.98 Å². The van der Waals surface area contributed by atoms with Crippen molar-refractivity contribution in [2.45, 2.75) is 39.2 Å². The number of hydrogen-bond donors (Lipinski definition) is 1. The van der Waals surface area contributed by atoms with Gasteiger partial charge in [-0.25, -0.2) is 0 Å². The monoisotopic (exact) mass is 254 g/mol. The Labute approximate surface area is 115 Å². The van der Waals surface area contributed by atoms with Crippen molar-refractivity contribution < 1.29 is 0 Å². The van der Waals surface area contributed by atoms with E-state index in [-0.39, 0.29) is 6.04 Å². The Morgan fingerprint density at radius 1 is 1.11 bits per heavy atom. The summed E-state index contributed by atoms with van der Waals surface area (Å²) < 4.78 is 0. The largest absolute Gasteiger partial charge is 0.324 e. The second-order valence-electron chi connectivity index (χ2n) is 5.44. The molecule has 19 heavy (non-hydrogen) atoms. The third-order valence-corrected chi connectivity index (χ3v) is 3.58. The normalized spacial score (nSPS) is 12.7. The van der Waals surface area contributed by atoms with Crippen LogP contribution < -0.4 is 5.73 Å². The van der Waals surface area contributed by atoms with E-state index in [4.69, 9.17) is 5.73 Å². The molecular weight excluding hydrogens is 232 g/mol.